The quantitative estimate of drug-likeness (QED) is 0.842. The molecule has 0 fully saturated rings. The number of aromatic nitrogens is 1. The van der Waals surface area contributed by atoms with Gasteiger partial charge >= 0.3 is 0 Å². The normalized spacial score (nSPS) is 12.4. The summed E-state index contributed by atoms with van der Waals surface area (Å²) < 4.78 is 6.35. The molecule has 1 unspecified atom stereocenters. The molecule has 2 rings (SSSR count). The van der Waals surface area contributed by atoms with Crippen molar-refractivity contribution in [1.82, 2.24) is 4.98 Å². The summed E-state index contributed by atoms with van der Waals surface area (Å²) in [5, 5.41) is 9.76. The van der Waals surface area contributed by atoms with Crippen molar-refractivity contribution in [3.8, 4) is 0 Å². The van der Waals surface area contributed by atoms with Gasteiger partial charge in [0.1, 0.15) is 15.9 Å². The van der Waals surface area contributed by atoms with Crippen molar-refractivity contribution in [2.45, 2.75) is 12.7 Å². The Morgan fingerprint density at radius 3 is 2.58 bits per heavy atom. The zero-order chi connectivity index (χ0) is 13.7. The van der Waals surface area contributed by atoms with Crippen molar-refractivity contribution < 1.29 is 9.84 Å². The van der Waals surface area contributed by atoms with Crippen molar-refractivity contribution in [1.29, 1.82) is 0 Å². The summed E-state index contributed by atoms with van der Waals surface area (Å²) in [7, 11) is 0. The van der Waals surface area contributed by atoms with Crippen molar-refractivity contribution in [2.24, 2.45) is 0 Å². The highest BCUT2D eigenvalue weighted by molar-refractivity contribution is 9.10. The number of nitrogens with zero attached hydrogens (tertiary/aromatic N) is 1. The molecule has 0 spiro atoms. The molecule has 0 aliphatic carbocycles. The van der Waals surface area contributed by atoms with Crippen LogP contribution in [-0.2, 0) is 11.3 Å². The van der Waals surface area contributed by atoms with Gasteiger partial charge in [-0.3, -0.25) is 0 Å². The van der Waals surface area contributed by atoms with E-state index in [1.54, 1.807) is 12.1 Å². The predicted molar refractivity (Wildman–Crippen MR) is 78.0 cm³/mol. The molecule has 0 saturated carbocycles. The van der Waals surface area contributed by atoms with Crippen LogP contribution in [0, 0.1) is 0 Å². The molecular formula is C14H13BrClNO2. The maximum absolute atomic E-state index is 9.43. The van der Waals surface area contributed by atoms with E-state index in [1.807, 2.05) is 30.3 Å². The second kappa shape index (κ2) is 7.01. The first-order chi connectivity index (χ1) is 9.20. The van der Waals surface area contributed by atoms with E-state index in [0.717, 1.165) is 5.56 Å². The minimum absolute atomic E-state index is 0.143. The largest absolute Gasteiger partial charge is 0.393 e. The molecule has 1 aromatic heterocycles. The van der Waals surface area contributed by atoms with Crippen molar-refractivity contribution in [3.05, 3.63) is 63.3 Å². The molecule has 0 aliphatic rings. The van der Waals surface area contributed by atoms with Crippen LogP contribution >= 0.6 is 27.5 Å². The Hall–Kier alpha value is -0.940. The number of aliphatic hydroxyl groups is 1. The van der Waals surface area contributed by atoms with Gasteiger partial charge in [0, 0.05) is 5.56 Å². The molecule has 2 aromatic rings. The third-order valence-electron chi connectivity index (χ3n) is 2.65. The number of hydrogen-bond donors (Lipinski definition) is 1. The summed E-state index contributed by atoms with van der Waals surface area (Å²) in [5.41, 5.74) is 1.73. The highest BCUT2D eigenvalue weighted by Gasteiger charge is 2.15. The maximum atomic E-state index is 9.43. The molecule has 3 nitrogen and oxygen atoms in total. The van der Waals surface area contributed by atoms with Gasteiger partial charge in [-0.05, 0) is 27.6 Å². The topological polar surface area (TPSA) is 42.4 Å². The second-order valence-electron chi connectivity index (χ2n) is 3.98. The smallest absolute Gasteiger partial charge is 0.136 e. The lowest BCUT2D eigenvalue weighted by atomic mass is 10.1. The Morgan fingerprint density at radius 2 is 1.95 bits per heavy atom. The molecule has 0 radical (unpaired) electrons. The number of pyridine rings is 1. The van der Waals surface area contributed by atoms with Crippen LogP contribution in [-0.4, -0.2) is 16.7 Å². The third-order valence-corrected chi connectivity index (χ3v) is 3.39. The Labute approximate surface area is 125 Å². The minimum Gasteiger partial charge on any atom is -0.393 e. The van der Waals surface area contributed by atoms with Crippen LogP contribution in [0.4, 0.5) is 0 Å². The van der Waals surface area contributed by atoms with Crippen LogP contribution in [0.2, 0.25) is 5.15 Å². The Balaban J connectivity index is 2.08. The van der Waals surface area contributed by atoms with Crippen LogP contribution in [0.25, 0.3) is 0 Å². The Bertz CT molecular complexity index is 536. The average molecular weight is 343 g/mol. The molecule has 19 heavy (non-hydrogen) atoms. The van der Waals surface area contributed by atoms with Gasteiger partial charge in [0.2, 0.25) is 0 Å². The molecule has 0 amide bonds. The molecule has 1 aromatic carbocycles. The van der Waals surface area contributed by atoms with Gasteiger partial charge in [-0.1, -0.05) is 48.0 Å². The van der Waals surface area contributed by atoms with E-state index in [0.29, 0.717) is 21.9 Å². The molecular weight excluding hydrogens is 330 g/mol. The zero-order valence-corrected chi connectivity index (χ0v) is 12.4. The van der Waals surface area contributed by atoms with Crippen molar-refractivity contribution in [2.75, 3.05) is 6.61 Å². The lowest BCUT2D eigenvalue weighted by Crippen LogP contribution is -2.10. The van der Waals surface area contributed by atoms with E-state index in [4.69, 9.17) is 16.3 Å². The van der Waals surface area contributed by atoms with Crippen LogP contribution in [0.15, 0.2) is 47.1 Å². The summed E-state index contributed by atoms with van der Waals surface area (Å²) in [6.45, 7) is 0.272. The van der Waals surface area contributed by atoms with Crippen LogP contribution in [0.5, 0.6) is 0 Å². The first-order valence-electron chi connectivity index (χ1n) is 5.79. The second-order valence-corrected chi connectivity index (χ2v) is 5.15. The standard InChI is InChI=1S/C14H13BrClNO2/c15-13-7-6-11(14(16)17-13)12(8-18)19-9-10-4-2-1-3-5-10/h1-7,12,18H,8-9H2. The summed E-state index contributed by atoms with van der Waals surface area (Å²) in [6, 6.07) is 13.3. The molecule has 0 bridgehead atoms. The summed E-state index contributed by atoms with van der Waals surface area (Å²) in [5.74, 6) is 0. The fraction of sp³-hybridized carbons (Fsp3) is 0.214. The predicted octanol–water partition coefficient (Wildman–Crippen LogP) is 3.75. The van der Waals surface area contributed by atoms with E-state index in [-0.39, 0.29) is 6.61 Å². The number of hydrogen-bond acceptors (Lipinski definition) is 3. The molecule has 1 atom stereocenters. The van der Waals surface area contributed by atoms with Gasteiger partial charge in [-0.2, -0.15) is 0 Å². The van der Waals surface area contributed by atoms with Gasteiger partial charge in [0.25, 0.3) is 0 Å². The number of rotatable bonds is 5. The first kappa shape index (κ1) is 14.5. The molecule has 5 heteroatoms. The highest BCUT2D eigenvalue weighted by atomic mass is 79.9. The van der Waals surface area contributed by atoms with Gasteiger partial charge in [-0.25, -0.2) is 4.98 Å². The van der Waals surface area contributed by atoms with Gasteiger partial charge in [0.05, 0.1) is 13.2 Å². The number of halogens is 2. The summed E-state index contributed by atoms with van der Waals surface area (Å²) in [4.78, 5) is 4.09. The number of benzene rings is 1. The molecule has 100 valence electrons. The fourth-order valence-electron chi connectivity index (χ4n) is 1.67. The van der Waals surface area contributed by atoms with Crippen molar-refractivity contribution >= 4 is 27.5 Å². The fourth-order valence-corrected chi connectivity index (χ4v) is 2.36. The minimum atomic E-state index is -0.478. The molecule has 0 saturated heterocycles. The molecule has 1 N–H and O–H groups in total. The SMILES string of the molecule is OCC(OCc1ccccc1)c1ccc(Br)nc1Cl. The van der Waals surface area contributed by atoms with E-state index in [1.165, 1.54) is 0 Å². The lowest BCUT2D eigenvalue weighted by Gasteiger charge is -2.17. The zero-order valence-electron chi connectivity index (χ0n) is 10.1. The average Bonchev–Trinajstić information content (AvgIpc) is 2.42. The monoisotopic (exact) mass is 341 g/mol. The van der Waals surface area contributed by atoms with Crippen LogP contribution in [0.1, 0.15) is 17.2 Å². The van der Waals surface area contributed by atoms with Gasteiger partial charge < -0.3 is 9.84 Å². The van der Waals surface area contributed by atoms with E-state index >= 15 is 0 Å². The number of aliphatic hydroxyl groups excluding tert-OH is 1. The maximum Gasteiger partial charge on any atom is 0.136 e. The third kappa shape index (κ3) is 4.01. The highest BCUT2D eigenvalue weighted by Crippen LogP contribution is 2.26. The van der Waals surface area contributed by atoms with Crippen LogP contribution < -0.4 is 0 Å². The Morgan fingerprint density at radius 1 is 1.21 bits per heavy atom. The molecule has 0 aliphatic heterocycles. The first-order valence-corrected chi connectivity index (χ1v) is 6.96. The van der Waals surface area contributed by atoms with Gasteiger partial charge in [0.15, 0.2) is 0 Å². The number of ether oxygens (including phenoxy) is 1. The lowest BCUT2D eigenvalue weighted by molar-refractivity contribution is 0.000962. The Kier molecular flexibility index (Phi) is 5.34. The van der Waals surface area contributed by atoms with Gasteiger partial charge in [-0.15, -0.1) is 0 Å². The van der Waals surface area contributed by atoms with Crippen LogP contribution in [0.3, 0.4) is 0 Å². The molecule has 1 heterocycles. The van der Waals surface area contributed by atoms with E-state index in [2.05, 4.69) is 20.9 Å². The van der Waals surface area contributed by atoms with E-state index in [9.17, 15) is 5.11 Å². The summed E-state index contributed by atoms with van der Waals surface area (Å²) >= 11 is 9.30. The summed E-state index contributed by atoms with van der Waals surface area (Å²) in [6.07, 6.45) is -0.478. The van der Waals surface area contributed by atoms with Crippen molar-refractivity contribution in [3.63, 3.8) is 0 Å². The van der Waals surface area contributed by atoms with E-state index < -0.39 is 6.10 Å².